The lowest BCUT2D eigenvalue weighted by Crippen LogP contribution is -2.59. The number of rotatable bonds is 9. The first-order valence-electron chi connectivity index (χ1n) is 17.4. The first-order valence-corrected chi connectivity index (χ1v) is 17.4. The number of para-hydroxylation sites is 1. The Hall–Kier alpha value is -5.33. The summed E-state index contributed by atoms with van der Waals surface area (Å²) in [7, 11) is 0. The van der Waals surface area contributed by atoms with Gasteiger partial charge in [0.2, 0.25) is 11.8 Å². The number of nitrogens with zero attached hydrogens (tertiary/aromatic N) is 6. The molecule has 1 aromatic heterocycles. The fraction of sp³-hybridized carbons (Fsp3) is 0.359. The number of likely N-dealkylation sites (tertiary alicyclic amines) is 1. The zero-order chi connectivity index (χ0) is 35.3. The van der Waals surface area contributed by atoms with E-state index in [1.807, 2.05) is 117 Å². The van der Waals surface area contributed by atoms with Crippen molar-refractivity contribution < 1.29 is 29.0 Å². The molecule has 1 N–H and O–H groups in total. The van der Waals surface area contributed by atoms with E-state index < -0.39 is 47.6 Å². The zero-order valence-electron chi connectivity index (χ0n) is 28.5. The Morgan fingerprint density at radius 2 is 1.65 bits per heavy atom. The fourth-order valence-electron chi connectivity index (χ4n) is 8.47. The first kappa shape index (κ1) is 32.9. The molecule has 0 saturated carbocycles. The molecule has 4 aliphatic rings. The smallest absolute Gasteiger partial charge is 0.250 e. The number of ether oxygens (including phenoxy) is 2. The van der Waals surface area contributed by atoms with Crippen molar-refractivity contribution in [2.45, 2.75) is 50.2 Å². The second-order valence-corrected chi connectivity index (χ2v) is 13.7. The van der Waals surface area contributed by atoms with E-state index in [1.54, 1.807) is 14.5 Å². The molecule has 262 valence electrons. The topological polar surface area (TPSA) is 130 Å². The summed E-state index contributed by atoms with van der Waals surface area (Å²) in [6.07, 6.45) is 7.72. The predicted octanol–water partition coefficient (Wildman–Crippen LogP) is 3.36. The Kier molecular flexibility index (Phi) is 8.23. The molecule has 2 fully saturated rings. The molecule has 12 nitrogen and oxygen atoms in total. The van der Waals surface area contributed by atoms with Crippen LogP contribution in [-0.2, 0) is 32.2 Å². The minimum atomic E-state index is -1.49. The van der Waals surface area contributed by atoms with Gasteiger partial charge in [0.05, 0.1) is 42.2 Å². The van der Waals surface area contributed by atoms with Crippen molar-refractivity contribution in [3.8, 4) is 5.75 Å². The average molecular weight is 689 g/mol. The van der Waals surface area contributed by atoms with Crippen LogP contribution in [0.1, 0.15) is 19.4 Å². The van der Waals surface area contributed by atoms with Crippen LogP contribution >= 0.6 is 0 Å². The van der Waals surface area contributed by atoms with Crippen molar-refractivity contribution in [1.29, 1.82) is 0 Å². The predicted molar refractivity (Wildman–Crippen MR) is 188 cm³/mol. The van der Waals surface area contributed by atoms with E-state index in [9.17, 15) is 9.90 Å². The second kappa shape index (κ2) is 12.8. The summed E-state index contributed by atoms with van der Waals surface area (Å²) >= 11 is 0. The fourth-order valence-corrected chi connectivity index (χ4v) is 8.47. The van der Waals surface area contributed by atoms with Crippen molar-refractivity contribution in [2.75, 3.05) is 31.2 Å². The van der Waals surface area contributed by atoms with Crippen molar-refractivity contribution in [3.63, 3.8) is 0 Å². The number of aliphatic hydroxyl groups is 1. The van der Waals surface area contributed by atoms with Crippen molar-refractivity contribution in [3.05, 3.63) is 109 Å². The Morgan fingerprint density at radius 3 is 2.41 bits per heavy atom. The van der Waals surface area contributed by atoms with Crippen LogP contribution in [0.3, 0.4) is 0 Å². The van der Waals surface area contributed by atoms with Gasteiger partial charge in [-0.3, -0.25) is 14.4 Å². The number of amides is 3. The van der Waals surface area contributed by atoms with Crippen LogP contribution < -0.4 is 9.64 Å². The number of fused-ring (bicyclic) bond motifs is 3. The molecular weight excluding hydrogens is 648 g/mol. The van der Waals surface area contributed by atoms with Gasteiger partial charge in [-0.2, -0.15) is 0 Å². The van der Waals surface area contributed by atoms with E-state index in [0.29, 0.717) is 30.0 Å². The first-order chi connectivity index (χ1) is 24.8. The van der Waals surface area contributed by atoms with Crippen LogP contribution in [0.15, 0.2) is 103 Å². The highest BCUT2D eigenvalue weighted by Gasteiger charge is 2.75. The van der Waals surface area contributed by atoms with E-state index in [0.717, 1.165) is 11.1 Å². The van der Waals surface area contributed by atoms with Gasteiger partial charge >= 0.3 is 0 Å². The van der Waals surface area contributed by atoms with Crippen LogP contribution in [0.4, 0.5) is 5.69 Å². The number of carbonyl (C=O) groups is 3. The molecule has 3 aromatic carbocycles. The molecule has 51 heavy (non-hydrogen) atoms. The maximum Gasteiger partial charge on any atom is 0.250 e. The number of aromatic nitrogens is 3. The standard InChI is InChI=1S/C39H40N6O6/c1-3-50-29-17-15-27(16-18-29)43-22-9-19-38(2)32(35(43)47)33-36(48)45(28(24-46)23-26-11-5-4-6-12-26)34-37(49)42(21-10-20-39(33,34)51-38)25-44-31-14-8-7-13-30(31)40-41-44/h4-20,28,32-34,46H,3,21-25H2,1-2H3/t28-,32-,33+,34?,38+,39+/m1/s1. The van der Waals surface area contributed by atoms with Gasteiger partial charge in [-0.1, -0.05) is 72.0 Å². The summed E-state index contributed by atoms with van der Waals surface area (Å²) < 4.78 is 14.3. The van der Waals surface area contributed by atoms with Crippen LogP contribution in [0.5, 0.6) is 5.75 Å². The lowest BCUT2D eigenvalue weighted by Gasteiger charge is -2.40. The largest absolute Gasteiger partial charge is 0.494 e. The third kappa shape index (κ3) is 5.32. The third-order valence-corrected chi connectivity index (χ3v) is 10.7. The van der Waals surface area contributed by atoms with Crippen LogP contribution in [-0.4, -0.2) is 97.2 Å². The van der Waals surface area contributed by atoms with Crippen molar-refractivity contribution in [2.24, 2.45) is 11.8 Å². The SMILES string of the molecule is CCOc1ccc(N2CC=C[C@]3(C)O[C@]45C=CCN(Cn6nnc7ccccc76)C(=O)C4N([C@@H](CO)Cc4ccccc4)C(=O)[C@@H]5[C@@H]3C2=O)cc1. The summed E-state index contributed by atoms with van der Waals surface area (Å²) in [6, 6.07) is 22.5. The van der Waals surface area contributed by atoms with E-state index in [2.05, 4.69) is 10.3 Å². The van der Waals surface area contributed by atoms with Gasteiger partial charge in [-0.05, 0) is 62.2 Å². The molecule has 0 aliphatic carbocycles. The maximum absolute atomic E-state index is 15.1. The molecular formula is C39H40N6O6. The molecule has 0 bridgehead atoms. The molecule has 4 aromatic rings. The normalized spacial score (nSPS) is 27.7. The number of aliphatic hydroxyl groups excluding tert-OH is 1. The molecule has 0 radical (unpaired) electrons. The van der Waals surface area contributed by atoms with Crippen LogP contribution in [0.25, 0.3) is 11.0 Å². The van der Waals surface area contributed by atoms with Crippen molar-refractivity contribution >= 4 is 34.4 Å². The molecule has 12 heteroatoms. The lowest BCUT2D eigenvalue weighted by molar-refractivity contribution is -0.155. The minimum absolute atomic E-state index is 0.0799. The minimum Gasteiger partial charge on any atom is -0.494 e. The summed E-state index contributed by atoms with van der Waals surface area (Å²) in [5.41, 5.74) is 0.338. The summed E-state index contributed by atoms with van der Waals surface area (Å²) in [5.74, 6) is -2.34. The number of benzene rings is 3. The Balaban J connectivity index is 1.21. The number of anilines is 1. The van der Waals surface area contributed by atoms with Crippen LogP contribution in [0.2, 0.25) is 0 Å². The van der Waals surface area contributed by atoms with Gasteiger partial charge in [-0.15, -0.1) is 5.10 Å². The quantitative estimate of drug-likeness (QED) is 0.265. The van der Waals surface area contributed by atoms with E-state index in [1.165, 1.54) is 4.90 Å². The number of hydrogen-bond donors (Lipinski definition) is 1. The van der Waals surface area contributed by atoms with Gasteiger partial charge in [0.25, 0.3) is 5.91 Å². The van der Waals surface area contributed by atoms with Crippen molar-refractivity contribution in [1.82, 2.24) is 24.8 Å². The molecule has 1 unspecified atom stereocenters. The highest BCUT2D eigenvalue weighted by molar-refractivity contribution is 6.04. The second-order valence-electron chi connectivity index (χ2n) is 13.7. The highest BCUT2D eigenvalue weighted by atomic mass is 16.5. The van der Waals surface area contributed by atoms with E-state index in [4.69, 9.17) is 9.47 Å². The van der Waals surface area contributed by atoms with Gasteiger partial charge in [0, 0.05) is 18.8 Å². The molecule has 2 saturated heterocycles. The summed E-state index contributed by atoms with van der Waals surface area (Å²) in [6.45, 7) is 4.44. The molecule has 4 aliphatic heterocycles. The summed E-state index contributed by atoms with van der Waals surface area (Å²) in [4.78, 5) is 49.7. The van der Waals surface area contributed by atoms with Gasteiger partial charge in [0.1, 0.15) is 29.6 Å². The lowest BCUT2D eigenvalue weighted by atomic mass is 9.74. The van der Waals surface area contributed by atoms with Gasteiger partial charge in [0.15, 0.2) is 0 Å². The third-order valence-electron chi connectivity index (χ3n) is 10.7. The molecule has 6 atom stereocenters. The zero-order valence-corrected chi connectivity index (χ0v) is 28.5. The van der Waals surface area contributed by atoms with Crippen LogP contribution in [0, 0.1) is 11.8 Å². The molecule has 8 rings (SSSR count). The number of carbonyl (C=O) groups excluding carboxylic acids is 3. The van der Waals surface area contributed by atoms with E-state index >= 15 is 9.59 Å². The summed E-state index contributed by atoms with van der Waals surface area (Å²) in [5, 5.41) is 19.5. The monoisotopic (exact) mass is 688 g/mol. The van der Waals surface area contributed by atoms with E-state index in [-0.39, 0.29) is 31.6 Å². The Labute approximate surface area is 295 Å². The molecule has 1 spiro atoms. The Bertz CT molecular complexity index is 2030. The van der Waals surface area contributed by atoms with Gasteiger partial charge < -0.3 is 29.3 Å². The highest BCUT2D eigenvalue weighted by Crippen LogP contribution is 2.58. The molecule has 5 heterocycles. The van der Waals surface area contributed by atoms with Gasteiger partial charge in [-0.25, -0.2) is 4.68 Å². The number of hydrogen-bond acceptors (Lipinski definition) is 8. The molecule has 3 amide bonds. The maximum atomic E-state index is 15.1. The Morgan fingerprint density at radius 1 is 0.902 bits per heavy atom. The average Bonchev–Trinajstić information content (AvgIpc) is 3.67.